The van der Waals surface area contributed by atoms with Gasteiger partial charge < -0.3 is 10.1 Å². The Kier molecular flexibility index (Phi) is 6.47. The summed E-state index contributed by atoms with van der Waals surface area (Å²) in [7, 11) is -3.14. The van der Waals surface area contributed by atoms with Gasteiger partial charge in [-0.3, -0.25) is 4.79 Å². The molecule has 0 unspecified atom stereocenters. The minimum Gasteiger partial charge on any atom is -0.455 e. The first kappa shape index (κ1) is 21.2. The fourth-order valence-electron chi connectivity index (χ4n) is 2.57. The molecule has 1 amide bonds. The van der Waals surface area contributed by atoms with E-state index >= 15 is 0 Å². The highest BCUT2D eigenvalue weighted by Crippen LogP contribution is 2.33. The van der Waals surface area contributed by atoms with Gasteiger partial charge in [-0.1, -0.05) is 35.3 Å². The van der Waals surface area contributed by atoms with Gasteiger partial charge in [-0.15, -0.1) is 0 Å². The molecule has 3 aromatic rings. The lowest BCUT2D eigenvalue weighted by Crippen LogP contribution is -2.12. The van der Waals surface area contributed by atoms with Crippen LogP contribution in [0.3, 0.4) is 0 Å². The Bertz CT molecular complexity index is 1130. The van der Waals surface area contributed by atoms with E-state index in [1.54, 1.807) is 66.7 Å². The van der Waals surface area contributed by atoms with Crippen LogP contribution in [0, 0.1) is 0 Å². The Morgan fingerprint density at radius 2 is 1.55 bits per heavy atom. The minimum absolute atomic E-state index is 0.0811. The SMILES string of the molecule is CS(=O)(=O)Cc1ccc(C(=O)Nc2cc(Cl)ccc2Oc2ccc(Cl)cc2)cc1. The number of hydrogen-bond acceptors (Lipinski definition) is 4. The first-order valence-electron chi connectivity index (χ1n) is 8.50. The summed E-state index contributed by atoms with van der Waals surface area (Å²) in [4.78, 5) is 12.6. The molecular weight excluding hydrogens is 433 g/mol. The van der Waals surface area contributed by atoms with Crippen LogP contribution < -0.4 is 10.1 Å². The van der Waals surface area contributed by atoms with E-state index in [9.17, 15) is 13.2 Å². The lowest BCUT2D eigenvalue weighted by Gasteiger charge is -2.13. The largest absolute Gasteiger partial charge is 0.455 e. The minimum atomic E-state index is -3.14. The summed E-state index contributed by atoms with van der Waals surface area (Å²) in [6, 6.07) is 18.1. The summed E-state index contributed by atoms with van der Waals surface area (Å²) in [5.74, 6) is 0.512. The number of benzene rings is 3. The molecule has 0 aliphatic heterocycles. The number of nitrogens with one attached hydrogen (secondary N) is 1. The third-order valence-electron chi connectivity index (χ3n) is 3.88. The van der Waals surface area contributed by atoms with E-state index in [2.05, 4.69) is 5.32 Å². The standard InChI is InChI=1S/C21H17Cl2NO4S/c1-29(26,27)13-14-2-4-15(5-3-14)21(25)24-19-12-17(23)8-11-20(19)28-18-9-6-16(22)7-10-18/h2-12H,13H2,1H3,(H,24,25). The quantitative estimate of drug-likeness (QED) is 0.532. The predicted octanol–water partition coefficient (Wildman–Crippen LogP) is 5.58. The van der Waals surface area contributed by atoms with E-state index in [0.717, 1.165) is 6.26 Å². The van der Waals surface area contributed by atoms with Gasteiger partial charge in [0.15, 0.2) is 15.6 Å². The molecule has 3 rings (SSSR count). The first-order chi connectivity index (χ1) is 13.7. The average molecular weight is 450 g/mol. The summed E-state index contributed by atoms with van der Waals surface area (Å²) >= 11 is 12.0. The first-order valence-corrected chi connectivity index (χ1v) is 11.3. The molecule has 0 radical (unpaired) electrons. The number of amides is 1. The number of carbonyl (C=O) groups is 1. The zero-order valence-electron chi connectivity index (χ0n) is 15.4. The number of halogens is 2. The van der Waals surface area contributed by atoms with E-state index in [0.29, 0.717) is 38.4 Å². The van der Waals surface area contributed by atoms with Crippen LogP contribution in [-0.4, -0.2) is 20.6 Å². The summed E-state index contributed by atoms with van der Waals surface area (Å²) in [6.07, 6.45) is 1.16. The zero-order valence-corrected chi connectivity index (χ0v) is 17.7. The molecule has 0 saturated carbocycles. The van der Waals surface area contributed by atoms with E-state index in [1.807, 2.05) is 0 Å². The Morgan fingerprint density at radius 1 is 0.931 bits per heavy atom. The molecular formula is C21H17Cl2NO4S. The second kappa shape index (κ2) is 8.86. The molecule has 0 saturated heterocycles. The van der Waals surface area contributed by atoms with Crippen molar-refractivity contribution in [2.75, 3.05) is 11.6 Å². The molecule has 0 atom stereocenters. The fourth-order valence-corrected chi connectivity index (χ4v) is 3.66. The van der Waals surface area contributed by atoms with Crippen LogP contribution >= 0.6 is 23.2 Å². The second-order valence-electron chi connectivity index (χ2n) is 6.42. The Hall–Kier alpha value is -2.54. The molecule has 0 aromatic heterocycles. The highest BCUT2D eigenvalue weighted by atomic mass is 35.5. The van der Waals surface area contributed by atoms with E-state index in [-0.39, 0.29) is 11.7 Å². The van der Waals surface area contributed by atoms with Gasteiger partial charge >= 0.3 is 0 Å². The third kappa shape index (κ3) is 6.22. The third-order valence-corrected chi connectivity index (χ3v) is 5.22. The van der Waals surface area contributed by atoms with Crippen molar-refractivity contribution >= 4 is 44.6 Å². The molecule has 0 aliphatic rings. The highest BCUT2D eigenvalue weighted by Gasteiger charge is 2.13. The highest BCUT2D eigenvalue weighted by molar-refractivity contribution is 7.89. The van der Waals surface area contributed by atoms with Crippen LogP contribution in [0.2, 0.25) is 10.0 Å². The molecule has 0 spiro atoms. The maximum Gasteiger partial charge on any atom is 0.255 e. The number of carbonyl (C=O) groups excluding carboxylic acids is 1. The van der Waals surface area contributed by atoms with Gasteiger partial charge in [0.05, 0.1) is 11.4 Å². The molecule has 0 heterocycles. The summed E-state index contributed by atoms with van der Waals surface area (Å²) in [5, 5.41) is 3.80. The van der Waals surface area contributed by atoms with E-state index < -0.39 is 9.84 Å². The van der Waals surface area contributed by atoms with Crippen molar-refractivity contribution in [2.45, 2.75) is 5.75 Å². The van der Waals surface area contributed by atoms with Gasteiger partial charge in [0.25, 0.3) is 5.91 Å². The number of hydrogen-bond donors (Lipinski definition) is 1. The normalized spacial score (nSPS) is 11.1. The van der Waals surface area contributed by atoms with Gasteiger partial charge in [0.2, 0.25) is 0 Å². The maximum absolute atomic E-state index is 12.6. The molecule has 8 heteroatoms. The monoisotopic (exact) mass is 449 g/mol. The van der Waals surface area contributed by atoms with Gasteiger partial charge in [0.1, 0.15) is 5.75 Å². The topological polar surface area (TPSA) is 72.5 Å². The van der Waals surface area contributed by atoms with Gasteiger partial charge in [-0.2, -0.15) is 0 Å². The Labute approximate surface area is 179 Å². The van der Waals surface area contributed by atoms with E-state index in [4.69, 9.17) is 27.9 Å². The summed E-state index contributed by atoms with van der Waals surface area (Å²) < 4.78 is 28.6. The molecule has 1 N–H and O–H groups in total. The van der Waals surface area contributed by atoms with Crippen molar-refractivity contribution in [3.05, 3.63) is 87.9 Å². The summed E-state index contributed by atoms with van der Waals surface area (Å²) in [5.41, 5.74) is 1.39. The lowest BCUT2D eigenvalue weighted by molar-refractivity contribution is 0.102. The zero-order chi connectivity index (χ0) is 21.0. The number of anilines is 1. The lowest BCUT2D eigenvalue weighted by atomic mass is 10.1. The summed E-state index contributed by atoms with van der Waals surface area (Å²) in [6.45, 7) is 0. The Morgan fingerprint density at radius 3 is 2.17 bits per heavy atom. The maximum atomic E-state index is 12.6. The number of rotatable bonds is 6. The molecule has 150 valence electrons. The van der Waals surface area contributed by atoms with Crippen molar-refractivity contribution in [1.82, 2.24) is 0 Å². The van der Waals surface area contributed by atoms with E-state index in [1.165, 1.54) is 0 Å². The van der Waals surface area contributed by atoms with Crippen LogP contribution in [0.15, 0.2) is 66.7 Å². The predicted molar refractivity (Wildman–Crippen MR) is 116 cm³/mol. The molecule has 0 fully saturated rings. The van der Waals surface area contributed by atoms with Crippen LogP contribution in [0.1, 0.15) is 15.9 Å². The Balaban J connectivity index is 1.79. The van der Waals surface area contributed by atoms with Gasteiger partial charge in [-0.05, 0) is 60.2 Å². The van der Waals surface area contributed by atoms with Crippen molar-refractivity contribution in [3.63, 3.8) is 0 Å². The second-order valence-corrected chi connectivity index (χ2v) is 9.43. The number of sulfone groups is 1. The number of ether oxygens (including phenoxy) is 1. The van der Waals surface area contributed by atoms with Crippen LogP contribution in [0.5, 0.6) is 11.5 Å². The molecule has 0 bridgehead atoms. The van der Waals surface area contributed by atoms with Crippen LogP contribution in [0.4, 0.5) is 5.69 Å². The van der Waals surface area contributed by atoms with Crippen LogP contribution in [-0.2, 0) is 15.6 Å². The average Bonchev–Trinajstić information content (AvgIpc) is 2.65. The fraction of sp³-hybridized carbons (Fsp3) is 0.0952. The van der Waals surface area contributed by atoms with Crippen molar-refractivity contribution in [2.24, 2.45) is 0 Å². The molecule has 0 aliphatic carbocycles. The smallest absolute Gasteiger partial charge is 0.255 e. The van der Waals surface area contributed by atoms with Gasteiger partial charge in [0, 0.05) is 21.9 Å². The van der Waals surface area contributed by atoms with Crippen molar-refractivity contribution in [1.29, 1.82) is 0 Å². The molecule has 29 heavy (non-hydrogen) atoms. The van der Waals surface area contributed by atoms with Gasteiger partial charge in [-0.25, -0.2) is 8.42 Å². The molecule has 3 aromatic carbocycles. The van der Waals surface area contributed by atoms with Crippen LogP contribution in [0.25, 0.3) is 0 Å². The molecule has 5 nitrogen and oxygen atoms in total. The van der Waals surface area contributed by atoms with Crippen molar-refractivity contribution in [3.8, 4) is 11.5 Å². The van der Waals surface area contributed by atoms with Crippen molar-refractivity contribution < 1.29 is 17.9 Å².